The molecule has 1 fully saturated rings. The molecule has 1 saturated carbocycles. The summed E-state index contributed by atoms with van der Waals surface area (Å²) in [6.07, 6.45) is 6.66. The number of rotatable bonds is 5. The van der Waals surface area contributed by atoms with Gasteiger partial charge in [0.05, 0.1) is 7.11 Å². The second-order valence-corrected chi connectivity index (χ2v) is 6.23. The third-order valence-corrected chi connectivity index (χ3v) is 5.21. The SMILES string of the molecule is COc1cccc2c(NCC3(SC)CC3)ccnc12. The predicted octanol–water partition coefficient (Wildman–Crippen LogP) is 3.55. The lowest BCUT2D eigenvalue weighted by molar-refractivity contribution is 0.419. The molecule has 0 unspecified atom stereocenters. The van der Waals surface area contributed by atoms with Crippen LogP contribution in [-0.2, 0) is 0 Å². The fourth-order valence-corrected chi connectivity index (χ4v) is 3.04. The fraction of sp³-hybridized carbons (Fsp3) is 0.400. The second-order valence-electron chi connectivity index (χ2n) is 4.96. The van der Waals surface area contributed by atoms with E-state index in [4.69, 9.17) is 4.74 Å². The summed E-state index contributed by atoms with van der Waals surface area (Å²) in [6, 6.07) is 8.09. The van der Waals surface area contributed by atoms with E-state index in [-0.39, 0.29) is 0 Å². The largest absolute Gasteiger partial charge is 0.494 e. The zero-order valence-electron chi connectivity index (χ0n) is 11.3. The van der Waals surface area contributed by atoms with Gasteiger partial charge in [0.1, 0.15) is 11.3 Å². The van der Waals surface area contributed by atoms with E-state index in [1.165, 1.54) is 12.8 Å². The summed E-state index contributed by atoms with van der Waals surface area (Å²) in [7, 11) is 1.68. The highest BCUT2D eigenvalue weighted by Gasteiger charge is 2.41. The van der Waals surface area contributed by atoms with Crippen LogP contribution in [0.4, 0.5) is 5.69 Å². The standard InChI is InChI=1S/C15H18N2OS/c1-18-13-5-3-4-11-12(6-9-16-14(11)13)17-10-15(19-2)7-8-15/h3-6,9H,7-8,10H2,1-2H3,(H,16,17). The molecule has 3 nitrogen and oxygen atoms in total. The molecule has 4 heteroatoms. The van der Waals surface area contributed by atoms with Crippen LogP contribution in [0.3, 0.4) is 0 Å². The van der Waals surface area contributed by atoms with Crippen LogP contribution in [0.5, 0.6) is 5.75 Å². The first-order valence-electron chi connectivity index (χ1n) is 6.49. The molecule has 3 rings (SSSR count). The lowest BCUT2D eigenvalue weighted by atomic mass is 10.1. The third-order valence-electron chi connectivity index (χ3n) is 3.80. The van der Waals surface area contributed by atoms with Gasteiger partial charge in [0.25, 0.3) is 0 Å². The van der Waals surface area contributed by atoms with E-state index in [9.17, 15) is 0 Å². The fourth-order valence-electron chi connectivity index (χ4n) is 2.32. The van der Waals surface area contributed by atoms with Gasteiger partial charge in [-0.2, -0.15) is 11.8 Å². The number of nitrogens with one attached hydrogen (secondary N) is 1. The van der Waals surface area contributed by atoms with Crippen LogP contribution >= 0.6 is 11.8 Å². The zero-order chi connectivity index (χ0) is 13.3. The van der Waals surface area contributed by atoms with Gasteiger partial charge in [-0.3, -0.25) is 4.98 Å². The second kappa shape index (κ2) is 4.93. The van der Waals surface area contributed by atoms with E-state index in [1.54, 1.807) is 7.11 Å². The summed E-state index contributed by atoms with van der Waals surface area (Å²) in [4.78, 5) is 4.42. The number of aromatic nitrogens is 1. The number of hydrogen-bond donors (Lipinski definition) is 1. The number of pyridine rings is 1. The van der Waals surface area contributed by atoms with Crippen molar-refractivity contribution in [2.24, 2.45) is 0 Å². The summed E-state index contributed by atoms with van der Waals surface area (Å²) in [5, 5.41) is 4.70. The number of ether oxygens (including phenoxy) is 1. The van der Waals surface area contributed by atoms with Crippen LogP contribution in [0.25, 0.3) is 10.9 Å². The topological polar surface area (TPSA) is 34.1 Å². The Hall–Kier alpha value is -1.42. The molecular weight excluding hydrogens is 256 g/mol. The highest BCUT2D eigenvalue weighted by molar-refractivity contribution is 8.00. The smallest absolute Gasteiger partial charge is 0.145 e. The Morgan fingerprint density at radius 3 is 2.89 bits per heavy atom. The summed E-state index contributed by atoms with van der Waals surface area (Å²) in [6.45, 7) is 1.02. The maximum atomic E-state index is 5.37. The van der Waals surface area contributed by atoms with Gasteiger partial charge in [-0.1, -0.05) is 12.1 Å². The van der Waals surface area contributed by atoms with Crippen molar-refractivity contribution in [3.63, 3.8) is 0 Å². The van der Waals surface area contributed by atoms with Gasteiger partial charge >= 0.3 is 0 Å². The van der Waals surface area contributed by atoms with Crippen LogP contribution in [-0.4, -0.2) is 29.6 Å². The normalized spacial score (nSPS) is 16.3. The molecule has 1 aromatic heterocycles. The molecule has 0 saturated heterocycles. The third kappa shape index (κ3) is 2.37. The Balaban J connectivity index is 1.91. The van der Waals surface area contributed by atoms with Gasteiger partial charge in [-0.05, 0) is 31.2 Å². The summed E-state index contributed by atoms with van der Waals surface area (Å²) >= 11 is 1.97. The monoisotopic (exact) mass is 274 g/mol. The van der Waals surface area contributed by atoms with Gasteiger partial charge in [-0.25, -0.2) is 0 Å². The molecule has 0 spiro atoms. The van der Waals surface area contributed by atoms with Crippen molar-refractivity contribution in [2.75, 3.05) is 25.2 Å². The van der Waals surface area contributed by atoms with E-state index in [2.05, 4.69) is 22.6 Å². The first-order chi connectivity index (χ1) is 9.28. The van der Waals surface area contributed by atoms with Crippen LogP contribution in [0, 0.1) is 0 Å². The van der Waals surface area contributed by atoms with Crippen molar-refractivity contribution in [3.8, 4) is 5.75 Å². The average molecular weight is 274 g/mol. The molecule has 2 aromatic rings. The van der Waals surface area contributed by atoms with Gasteiger partial charge in [-0.15, -0.1) is 0 Å². The Bertz CT molecular complexity index is 596. The number of fused-ring (bicyclic) bond motifs is 1. The lowest BCUT2D eigenvalue weighted by Gasteiger charge is -2.16. The number of anilines is 1. The van der Waals surface area contributed by atoms with E-state index >= 15 is 0 Å². The van der Waals surface area contributed by atoms with Crippen molar-refractivity contribution in [3.05, 3.63) is 30.5 Å². The van der Waals surface area contributed by atoms with Crippen LogP contribution in [0.2, 0.25) is 0 Å². The van der Waals surface area contributed by atoms with Crippen molar-refractivity contribution >= 4 is 28.4 Å². The molecule has 100 valence electrons. The average Bonchev–Trinajstić information content (AvgIpc) is 3.25. The summed E-state index contributed by atoms with van der Waals surface area (Å²) in [5.74, 6) is 0.826. The van der Waals surface area contributed by atoms with Crippen LogP contribution in [0.15, 0.2) is 30.5 Å². The molecule has 1 aliphatic rings. The Morgan fingerprint density at radius 2 is 2.21 bits per heavy atom. The predicted molar refractivity (Wildman–Crippen MR) is 82.3 cm³/mol. The zero-order valence-corrected chi connectivity index (χ0v) is 12.1. The molecule has 1 aromatic carbocycles. The highest BCUT2D eigenvalue weighted by atomic mass is 32.2. The van der Waals surface area contributed by atoms with Gasteiger partial charge in [0, 0.05) is 28.6 Å². The number of para-hydroxylation sites is 1. The maximum Gasteiger partial charge on any atom is 0.145 e. The van der Waals surface area contributed by atoms with Crippen molar-refractivity contribution in [1.29, 1.82) is 0 Å². The highest BCUT2D eigenvalue weighted by Crippen LogP contribution is 2.47. The minimum atomic E-state index is 0.453. The van der Waals surface area contributed by atoms with Crippen LogP contribution in [0.1, 0.15) is 12.8 Å². The minimum Gasteiger partial charge on any atom is -0.494 e. The molecule has 0 aliphatic heterocycles. The summed E-state index contributed by atoms with van der Waals surface area (Å²) < 4.78 is 5.82. The lowest BCUT2D eigenvalue weighted by Crippen LogP contribution is -2.17. The van der Waals surface area contributed by atoms with E-state index in [0.29, 0.717) is 4.75 Å². The number of benzene rings is 1. The summed E-state index contributed by atoms with van der Waals surface area (Å²) in [5.41, 5.74) is 2.06. The van der Waals surface area contributed by atoms with E-state index < -0.39 is 0 Å². The Labute approximate surface area is 117 Å². The van der Waals surface area contributed by atoms with E-state index in [1.807, 2.05) is 36.2 Å². The van der Waals surface area contributed by atoms with Crippen molar-refractivity contribution in [2.45, 2.75) is 17.6 Å². The maximum absolute atomic E-state index is 5.37. The number of nitrogens with zero attached hydrogens (tertiary/aromatic N) is 1. The van der Waals surface area contributed by atoms with Crippen molar-refractivity contribution < 1.29 is 4.74 Å². The Kier molecular flexibility index (Phi) is 3.27. The Morgan fingerprint density at radius 1 is 1.37 bits per heavy atom. The van der Waals surface area contributed by atoms with Gasteiger partial charge in [0.2, 0.25) is 0 Å². The molecule has 1 heterocycles. The quantitative estimate of drug-likeness (QED) is 0.904. The van der Waals surface area contributed by atoms with E-state index in [0.717, 1.165) is 28.9 Å². The minimum absolute atomic E-state index is 0.453. The van der Waals surface area contributed by atoms with Crippen LogP contribution < -0.4 is 10.1 Å². The molecule has 0 atom stereocenters. The number of methoxy groups -OCH3 is 1. The first kappa shape index (κ1) is 12.6. The van der Waals surface area contributed by atoms with Crippen molar-refractivity contribution in [1.82, 2.24) is 4.98 Å². The molecule has 0 amide bonds. The number of thioether (sulfide) groups is 1. The first-order valence-corrected chi connectivity index (χ1v) is 7.71. The molecule has 1 N–H and O–H groups in total. The molecule has 0 bridgehead atoms. The molecular formula is C15H18N2OS. The van der Waals surface area contributed by atoms with Gasteiger partial charge in [0.15, 0.2) is 0 Å². The molecule has 0 radical (unpaired) electrons. The number of hydrogen-bond acceptors (Lipinski definition) is 4. The molecule has 1 aliphatic carbocycles. The molecule has 19 heavy (non-hydrogen) atoms. The van der Waals surface area contributed by atoms with Gasteiger partial charge < -0.3 is 10.1 Å².